The Morgan fingerprint density at radius 2 is 1.91 bits per heavy atom. The highest BCUT2D eigenvalue weighted by atomic mass is 32.2. The second kappa shape index (κ2) is 9.53. The number of aromatic nitrogens is 2. The van der Waals surface area contributed by atoms with E-state index in [0.717, 1.165) is 24.9 Å². The first-order valence-electron chi connectivity index (χ1n) is 11.2. The van der Waals surface area contributed by atoms with Crippen LogP contribution in [0.2, 0.25) is 0 Å². The number of benzene rings is 2. The number of carbonyl (C=O) groups excluding carboxylic acids is 1. The van der Waals surface area contributed by atoms with Gasteiger partial charge in [0.05, 0.1) is 29.2 Å². The summed E-state index contributed by atoms with van der Waals surface area (Å²) in [5.41, 5.74) is 2.90. The van der Waals surface area contributed by atoms with E-state index in [-0.39, 0.29) is 23.3 Å². The minimum absolute atomic E-state index is 0.0771. The van der Waals surface area contributed by atoms with Crippen molar-refractivity contribution in [1.82, 2.24) is 14.5 Å². The van der Waals surface area contributed by atoms with Crippen molar-refractivity contribution in [3.05, 3.63) is 92.4 Å². The Hall–Kier alpha value is -2.90. The van der Waals surface area contributed by atoms with Crippen LogP contribution in [0.1, 0.15) is 35.4 Å². The quantitative estimate of drug-likeness (QED) is 0.286. The molecule has 1 atom stereocenters. The predicted molar refractivity (Wildman–Crippen MR) is 135 cm³/mol. The third kappa shape index (κ3) is 4.35. The van der Waals surface area contributed by atoms with Gasteiger partial charge in [-0.3, -0.25) is 14.2 Å². The van der Waals surface area contributed by atoms with Gasteiger partial charge in [0.2, 0.25) is 5.91 Å². The largest absolute Gasteiger partial charge is 0.335 e. The van der Waals surface area contributed by atoms with Gasteiger partial charge in [-0.2, -0.15) is 0 Å². The molecule has 1 amide bonds. The second-order valence-electron chi connectivity index (χ2n) is 8.14. The van der Waals surface area contributed by atoms with Crippen LogP contribution in [0.5, 0.6) is 0 Å². The lowest BCUT2D eigenvalue weighted by molar-refractivity contribution is -0.131. The molecule has 168 valence electrons. The molecule has 2 aromatic heterocycles. The Labute approximate surface area is 201 Å². The van der Waals surface area contributed by atoms with E-state index >= 15 is 0 Å². The zero-order chi connectivity index (χ0) is 22.8. The summed E-state index contributed by atoms with van der Waals surface area (Å²) in [5, 5.41) is 3.30. The zero-order valence-electron chi connectivity index (χ0n) is 18.4. The molecule has 7 heteroatoms. The molecule has 2 aromatic carbocycles. The van der Waals surface area contributed by atoms with Gasteiger partial charge in [-0.05, 0) is 47.5 Å². The summed E-state index contributed by atoms with van der Waals surface area (Å²) in [6.07, 6.45) is 1.81. The Bertz CT molecular complexity index is 1350. The summed E-state index contributed by atoms with van der Waals surface area (Å²) < 4.78 is 1.69. The fourth-order valence-corrected chi connectivity index (χ4v) is 6.32. The average molecular weight is 476 g/mol. The molecular weight excluding hydrogens is 450 g/mol. The third-order valence-electron chi connectivity index (χ3n) is 6.14. The molecule has 1 unspecified atom stereocenters. The molecule has 0 bridgehead atoms. The van der Waals surface area contributed by atoms with Crippen LogP contribution in [0.15, 0.2) is 76.0 Å². The fourth-order valence-electron chi connectivity index (χ4n) is 4.51. The van der Waals surface area contributed by atoms with Gasteiger partial charge in [0, 0.05) is 11.4 Å². The van der Waals surface area contributed by atoms with E-state index in [9.17, 15) is 9.59 Å². The molecule has 0 saturated carbocycles. The molecule has 0 N–H and O–H groups in total. The van der Waals surface area contributed by atoms with Crippen molar-refractivity contribution in [1.29, 1.82) is 0 Å². The topological polar surface area (TPSA) is 55.2 Å². The lowest BCUT2D eigenvalue weighted by atomic mass is 9.98. The Morgan fingerprint density at radius 1 is 1.12 bits per heavy atom. The highest BCUT2D eigenvalue weighted by Gasteiger charge is 2.30. The molecule has 1 aliphatic heterocycles. The number of nitrogens with zero attached hydrogens (tertiary/aromatic N) is 3. The normalized spacial score (nSPS) is 15.5. The molecule has 33 heavy (non-hydrogen) atoms. The number of hydrogen-bond donors (Lipinski definition) is 0. The summed E-state index contributed by atoms with van der Waals surface area (Å²) in [4.78, 5) is 34.8. The molecule has 0 fully saturated rings. The summed E-state index contributed by atoms with van der Waals surface area (Å²) in [7, 11) is 0. The molecule has 4 aromatic rings. The minimum atomic E-state index is -0.0771. The van der Waals surface area contributed by atoms with Gasteiger partial charge in [-0.15, -0.1) is 11.3 Å². The zero-order valence-corrected chi connectivity index (χ0v) is 20.1. The lowest BCUT2D eigenvalue weighted by Crippen LogP contribution is -2.40. The smallest absolute Gasteiger partial charge is 0.262 e. The van der Waals surface area contributed by atoms with Crippen LogP contribution in [-0.2, 0) is 17.8 Å². The van der Waals surface area contributed by atoms with Crippen LogP contribution in [0.3, 0.4) is 0 Å². The fraction of sp³-hybridized carbons (Fsp3) is 0.269. The maximum absolute atomic E-state index is 13.3. The van der Waals surface area contributed by atoms with E-state index in [2.05, 4.69) is 18.4 Å². The van der Waals surface area contributed by atoms with Crippen molar-refractivity contribution < 1.29 is 4.79 Å². The van der Waals surface area contributed by atoms with E-state index in [1.165, 1.54) is 22.2 Å². The summed E-state index contributed by atoms with van der Waals surface area (Å²) in [6, 6.07) is 19.6. The standard InChI is InChI=1S/C26H25N3O2S2/c1-2-22-20-13-15-32-23(20)12-14-28(22)24(30)17-33-26-27-21-11-7-6-10-19(21)25(31)29(26)16-18-8-4-3-5-9-18/h3-11,13,15,22H,2,12,14,16-17H2,1H3. The SMILES string of the molecule is CCC1c2ccsc2CCN1C(=O)CSc1nc2ccccc2c(=O)n1Cc1ccccc1. The van der Waals surface area contributed by atoms with Crippen LogP contribution < -0.4 is 5.56 Å². The van der Waals surface area contributed by atoms with Crippen molar-refractivity contribution >= 4 is 39.9 Å². The van der Waals surface area contributed by atoms with Crippen molar-refractivity contribution in [3.63, 3.8) is 0 Å². The van der Waals surface area contributed by atoms with Crippen molar-refractivity contribution in [2.45, 2.75) is 37.5 Å². The van der Waals surface area contributed by atoms with Crippen LogP contribution in [0.25, 0.3) is 10.9 Å². The van der Waals surface area contributed by atoms with Gasteiger partial charge < -0.3 is 4.90 Å². The second-order valence-corrected chi connectivity index (χ2v) is 10.1. The summed E-state index contributed by atoms with van der Waals surface area (Å²) in [5.74, 6) is 0.354. The highest BCUT2D eigenvalue weighted by molar-refractivity contribution is 7.99. The molecule has 5 nitrogen and oxygen atoms in total. The monoisotopic (exact) mass is 475 g/mol. The number of thioether (sulfide) groups is 1. The van der Waals surface area contributed by atoms with Crippen LogP contribution in [-0.4, -0.2) is 32.7 Å². The van der Waals surface area contributed by atoms with E-state index in [0.29, 0.717) is 22.6 Å². The Morgan fingerprint density at radius 3 is 2.73 bits per heavy atom. The number of para-hydroxylation sites is 1. The molecule has 5 rings (SSSR count). The first-order chi connectivity index (χ1) is 16.2. The molecule has 1 aliphatic rings. The van der Waals surface area contributed by atoms with E-state index in [1.807, 2.05) is 59.5 Å². The van der Waals surface area contributed by atoms with Crippen LogP contribution in [0, 0.1) is 0 Å². The highest BCUT2D eigenvalue weighted by Crippen LogP contribution is 2.35. The minimum Gasteiger partial charge on any atom is -0.335 e. The summed E-state index contributed by atoms with van der Waals surface area (Å²) in [6.45, 7) is 3.30. The van der Waals surface area contributed by atoms with Gasteiger partial charge in [0.25, 0.3) is 5.56 Å². The first kappa shape index (κ1) is 21.9. The van der Waals surface area contributed by atoms with E-state index < -0.39 is 0 Å². The summed E-state index contributed by atoms with van der Waals surface area (Å²) >= 11 is 3.14. The number of thiophene rings is 1. The van der Waals surface area contributed by atoms with E-state index in [1.54, 1.807) is 15.9 Å². The van der Waals surface area contributed by atoms with Gasteiger partial charge in [-0.1, -0.05) is 61.2 Å². The molecule has 0 aliphatic carbocycles. The lowest BCUT2D eigenvalue weighted by Gasteiger charge is -2.35. The average Bonchev–Trinajstić information content (AvgIpc) is 3.33. The van der Waals surface area contributed by atoms with Crippen molar-refractivity contribution in [2.24, 2.45) is 0 Å². The Balaban J connectivity index is 1.43. The van der Waals surface area contributed by atoms with Crippen LogP contribution >= 0.6 is 23.1 Å². The van der Waals surface area contributed by atoms with Gasteiger partial charge in [-0.25, -0.2) is 4.98 Å². The van der Waals surface area contributed by atoms with Gasteiger partial charge >= 0.3 is 0 Å². The molecule has 3 heterocycles. The molecule has 0 saturated heterocycles. The van der Waals surface area contributed by atoms with Crippen molar-refractivity contribution in [2.75, 3.05) is 12.3 Å². The molecule has 0 spiro atoms. The number of hydrogen-bond acceptors (Lipinski definition) is 5. The number of fused-ring (bicyclic) bond motifs is 2. The third-order valence-corrected chi connectivity index (χ3v) is 8.09. The number of rotatable bonds is 6. The van der Waals surface area contributed by atoms with Gasteiger partial charge in [0.15, 0.2) is 5.16 Å². The first-order valence-corrected chi connectivity index (χ1v) is 13.0. The molecular formula is C26H25N3O2S2. The van der Waals surface area contributed by atoms with E-state index in [4.69, 9.17) is 4.98 Å². The maximum Gasteiger partial charge on any atom is 0.262 e. The predicted octanol–water partition coefficient (Wildman–Crippen LogP) is 5.13. The number of amides is 1. The van der Waals surface area contributed by atoms with Crippen molar-refractivity contribution in [3.8, 4) is 0 Å². The number of carbonyl (C=O) groups is 1. The molecule has 0 radical (unpaired) electrons. The van der Waals surface area contributed by atoms with Gasteiger partial charge in [0.1, 0.15) is 0 Å². The maximum atomic E-state index is 13.3. The Kier molecular flexibility index (Phi) is 6.33. The van der Waals surface area contributed by atoms with Crippen LogP contribution in [0.4, 0.5) is 0 Å².